The van der Waals surface area contributed by atoms with E-state index in [0.717, 1.165) is 0 Å². The highest BCUT2D eigenvalue weighted by Crippen LogP contribution is 2.27. The lowest BCUT2D eigenvalue weighted by Crippen LogP contribution is -2.23. The summed E-state index contributed by atoms with van der Waals surface area (Å²) in [6, 6.07) is 12.2. The average molecular weight is 335 g/mol. The molecule has 3 rings (SSSR count). The van der Waals surface area contributed by atoms with Crippen molar-refractivity contribution in [2.24, 2.45) is 0 Å². The molecule has 112 valence electrons. The predicted molar refractivity (Wildman–Crippen MR) is 88.0 cm³/mol. The van der Waals surface area contributed by atoms with Gasteiger partial charge in [-0.15, -0.1) is 0 Å². The van der Waals surface area contributed by atoms with Crippen LogP contribution in [0.2, 0.25) is 10.0 Å². The third kappa shape index (κ3) is 3.08. The second-order valence-corrected chi connectivity index (χ2v) is 5.53. The molecule has 0 aliphatic heterocycles. The standard InChI is InChI=1S/C16H12Cl2N2O2/c17-11-5-6-13(18)15(9-11)22-8-7-20-10-19-14-4-2-1-3-12(14)16(20)21/h1-6,9-10H,7-8H2. The monoisotopic (exact) mass is 334 g/mol. The van der Waals surface area contributed by atoms with E-state index < -0.39 is 0 Å². The summed E-state index contributed by atoms with van der Waals surface area (Å²) in [5, 5.41) is 1.61. The Bertz CT molecular complexity index is 877. The Morgan fingerprint density at radius 1 is 1.14 bits per heavy atom. The Morgan fingerprint density at radius 3 is 2.82 bits per heavy atom. The second-order valence-electron chi connectivity index (χ2n) is 4.68. The van der Waals surface area contributed by atoms with Crippen molar-refractivity contribution in [2.75, 3.05) is 6.61 Å². The SMILES string of the molecule is O=c1c2ccccc2ncn1CCOc1cc(Cl)ccc1Cl. The highest BCUT2D eigenvalue weighted by atomic mass is 35.5. The first-order chi connectivity index (χ1) is 10.6. The number of hydrogen-bond donors (Lipinski definition) is 0. The van der Waals surface area contributed by atoms with E-state index >= 15 is 0 Å². The maximum Gasteiger partial charge on any atom is 0.261 e. The fraction of sp³-hybridized carbons (Fsp3) is 0.125. The van der Waals surface area contributed by atoms with Crippen molar-refractivity contribution >= 4 is 34.1 Å². The topological polar surface area (TPSA) is 44.1 Å². The highest BCUT2D eigenvalue weighted by Gasteiger charge is 2.05. The van der Waals surface area contributed by atoms with Crippen molar-refractivity contribution in [3.63, 3.8) is 0 Å². The number of nitrogens with zero attached hydrogens (tertiary/aromatic N) is 2. The Balaban J connectivity index is 1.76. The molecule has 6 heteroatoms. The van der Waals surface area contributed by atoms with Gasteiger partial charge < -0.3 is 4.74 Å². The molecule has 0 saturated carbocycles. The maximum absolute atomic E-state index is 12.3. The van der Waals surface area contributed by atoms with Gasteiger partial charge >= 0.3 is 0 Å². The molecule has 0 fully saturated rings. The summed E-state index contributed by atoms with van der Waals surface area (Å²) in [6.07, 6.45) is 1.52. The largest absolute Gasteiger partial charge is 0.490 e. The predicted octanol–water partition coefficient (Wildman–Crippen LogP) is 3.78. The van der Waals surface area contributed by atoms with Crippen LogP contribution in [0.4, 0.5) is 0 Å². The fourth-order valence-corrected chi connectivity index (χ4v) is 2.44. The fourth-order valence-electron chi connectivity index (χ4n) is 2.11. The van der Waals surface area contributed by atoms with Gasteiger partial charge in [-0.05, 0) is 24.3 Å². The summed E-state index contributed by atoms with van der Waals surface area (Å²) >= 11 is 11.9. The highest BCUT2D eigenvalue weighted by molar-refractivity contribution is 6.34. The summed E-state index contributed by atoms with van der Waals surface area (Å²) < 4.78 is 7.10. The van der Waals surface area contributed by atoms with Crippen LogP contribution in [0.5, 0.6) is 5.75 Å². The average Bonchev–Trinajstić information content (AvgIpc) is 2.53. The minimum atomic E-state index is -0.0913. The van der Waals surface area contributed by atoms with Gasteiger partial charge in [0, 0.05) is 11.1 Å². The van der Waals surface area contributed by atoms with Crippen LogP contribution in [0.3, 0.4) is 0 Å². The molecular formula is C16H12Cl2N2O2. The van der Waals surface area contributed by atoms with Crippen LogP contribution in [0.25, 0.3) is 10.9 Å². The zero-order valence-corrected chi connectivity index (χ0v) is 13.0. The van der Waals surface area contributed by atoms with Gasteiger partial charge in [-0.1, -0.05) is 35.3 Å². The first-order valence-corrected chi connectivity index (χ1v) is 7.43. The smallest absolute Gasteiger partial charge is 0.261 e. The Kier molecular flexibility index (Phi) is 4.32. The lowest BCUT2D eigenvalue weighted by molar-refractivity contribution is 0.296. The van der Waals surface area contributed by atoms with Gasteiger partial charge in [0.05, 0.1) is 28.8 Å². The van der Waals surface area contributed by atoms with Crippen LogP contribution in [-0.2, 0) is 6.54 Å². The van der Waals surface area contributed by atoms with E-state index in [4.69, 9.17) is 27.9 Å². The van der Waals surface area contributed by atoms with E-state index in [9.17, 15) is 4.79 Å². The van der Waals surface area contributed by atoms with Crippen LogP contribution < -0.4 is 10.3 Å². The zero-order chi connectivity index (χ0) is 15.5. The molecule has 4 nitrogen and oxygen atoms in total. The molecule has 0 unspecified atom stereocenters. The summed E-state index contributed by atoms with van der Waals surface area (Å²) in [7, 11) is 0. The first kappa shape index (κ1) is 14.9. The molecule has 0 aliphatic carbocycles. The van der Waals surface area contributed by atoms with E-state index in [1.807, 2.05) is 18.2 Å². The molecule has 0 saturated heterocycles. The molecule has 22 heavy (non-hydrogen) atoms. The molecule has 0 aliphatic rings. The molecule has 3 aromatic rings. The van der Waals surface area contributed by atoms with E-state index in [0.29, 0.717) is 39.8 Å². The van der Waals surface area contributed by atoms with Crippen molar-refractivity contribution in [1.82, 2.24) is 9.55 Å². The molecular weight excluding hydrogens is 323 g/mol. The van der Waals surface area contributed by atoms with Crippen molar-refractivity contribution in [1.29, 1.82) is 0 Å². The van der Waals surface area contributed by atoms with E-state index in [1.165, 1.54) is 10.9 Å². The number of aromatic nitrogens is 2. The van der Waals surface area contributed by atoms with E-state index in [-0.39, 0.29) is 5.56 Å². The summed E-state index contributed by atoms with van der Waals surface area (Å²) in [5.74, 6) is 0.496. The molecule has 2 aromatic carbocycles. The molecule has 1 aromatic heterocycles. The van der Waals surface area contributed by atoms with Gasteiger partial charge in [0.2, 0.25) is 0 Å². The van der Waals surface area contributed by atoms with Crippen LogP contribution in [0.1, 0.15) is 0 Å². The Hall–Kier alpha value is -2.04. The minimum absolute atomic E-state index is 0.0913. The summed E-state index contributed by atoms with van der Waals surface area (Å²) in [5.41, 5.74) is 0.592. The maximum atomic E-state index is 12.3. The van der Waals surface area contributed by atoms with Crippen LogP contribution in [0, 0.1) is 0 Å². The molecule has 0 radical (unpaired) electrons. The number of halogens is 2. The van der Waals surface area contributed by atoms with Gasteiger partial charge in [0.1, 0.15) is 12.4 Å². The first-order valence-electron chi connectivity index (χ1n) is 6.67. The lowest BCUT2D eigenvalue weighted by Gasteiger charge is -2.10. The Morgan fingerprint density at radius 2 is 1.95 bits per heavy atom. The number of rotatable bonds is 4. The van der Waals surface area contributed by atoms with Gasteiger partial charge in [-0.25, -0.2) is 4.98 Å². The second kappa shape index (κ2) is 6.38. The summed E-state index contributed by atoms with van der Waals surface area (Å²) in [6.45, 7) is 0.666. The van der Waals surface area contributed by atoms with Crippen LogP contribution >= 0.6 is 23.2 Å². The molecule has 0 bridgehead atoms. The molecule has 1 heterocycles. The number of para-hydroxylation sites is 1. The third-order valence-corrected chi connectivity index (χ3v) is 3.76. The number of benzene rings is 2. The van der Waals surface area contributed by atoms with E-state index in [2.05, 4.69) is 4.98 Å². The van der Waals surface area contributed by atoms with Gasteiger partial charge in [-0.3, -0.25) is 9.36 Å². The number of fused-ring (bicyclic) bond motifs is 1. The van der Waals surface area contributed by atoms with Gasteiger partial charge in [0.25, 0.3) is 5.56 Å². The van der Waals surface area contributed by atoms with Crippen molar-refractivity contribution in [3.05, 3.63) is 69.2 Å². The van der Waals surface area contributed by atoms with Crippen molar-refractivity contribution in [2.45, 2.75) is 6.54 Å². The Labute approximate surface area is 136 Å². The molecule has 0 N–H and O–H groups in total. The normalized spacial score (nSPS) is 10.8. The molecule has 0 spiro atoms. The van der Waals surface area contributed by atoms with E-state index in [1.54, 1.807) is 24.3 Å². The molecule has 0 atom stereocenters. The van der Waals surface area contributed by atoms with Crippen LogP contribution in [-0.4, -0.2) is 16.2 Å². The third-order valence-electron chi connectivity index (χ3n) is 3.21. The summed E-state index contributed by atoms with van der Waals surface area (Å²) in [4.78, 5) is 16.6. The van der Waals surface area contributed by atoms with Crippen molar-refractivity contribution in [3.8, 4) is 5.75 Å². The van der Waals surface area contributed by atoms with Gasteiger partial charge in [0.15, 0.2) is 0 Å². The number of hydrogen-bond acceptors (Lipinski definition) is 3. The van der Waals surface area contributed by atoms with Gasteiger partial charge in [-0.2, -0.15) is 0 Å². The zero-order valence-electron chi connectivity index (χ0n) is 11.5. The molecule has 0 amide bonds. The minimum Gasteiger partial charge on any atom is -0.490 e. The van der Waals surface area contributed by atoms with Crippen molar-refractivity contribution < 1.29 is 4.74 Å². The lowest BCUT2D eigenvalue weighted by atomic mass is 10.2. The van der Waals surface area contributed by atoms with Crippen LogP contribution in [0.15, 0.2) is 53.6 Å². The number of ether oxygens (including phenoxy) is 1. The quantitative estimate of drug-likeness (QED) is 0.729.